The fourth-order valence-corrected chi connectivity index (χ4v) is 0.992. The molecule has 0 amide bonds. The number of benzene rings is 1. The van der Waals surface area contributed by atoms with Gasteiger partial charge in [0.2, 0.25) is 0 Å². The number of ether oxygens (including phenoxy) is 1. The van der Waals surface area contributed by atoms with E-state index in [9.17, 15) is 0 Å². The number of methoxy groups -OCH3 is 1. The van der Waals surface area contributed by atoms with Gasteiger partial charge >= 0.3 is 0 Å². The second-order valence-corrected chi connectivity index (χ2v) is 2.68. The maximum Gasteiger partial charge on any atom is 0.118 e. The molecule has 0 unspecified atom stereocenters. The Morgan fingerprint density at radius 3 is 2.50 bits per heavy atom. The lowest BCUT2D eigenvalue weighted by Crippen LogP contribution is -1.85. The second-order valence-electron chi connectivity index (χ2n) is 2.68. The van der Waals surface area contributed by atoms with Gasteiger partial charge in [-0.25, -0.2) is 0 Å². The first kappa shape index (κ1) is 10.1. The summed E-state index contributed by atoms with van der Waals surface area (Å²) in [5.41, 5.74) is 1.93. The Bertz CT molecular complexity index is 387. The normalized spacial score (nSPS) is 8.36. The van der Waals surface area contributed by atoms with E-state index in [1.54, 1.807) is 13.2 Å². The van der Waals surface area contributed by atoms with Crippen molar-refractivity contribution in [3.05, 3.63) is 54.6 Å². The average Bonchev–Trinajstić information content (AvgIpc) is 2.26. The Kier molecular flexibility index (Phi) is 3.58. The van der Waals surface area contributed by atoms with E-state index in [-0.39, 0.29) is 0 Å². The van der Waals surface area contributed by atoms with Crippen molar-refractivity contribution in [1.29, 1.82) is 0 Å². The first-order valence-corrected chi connectivity index (χ1v) is 4.23. The lowest BCUT2D eigenvalue weighted by Gasteiger charge is -2.03. The van der Waals surface area contributed by atoms with E-state index in [4.69, 9.17) is 4.74 Å². The zero-order valence-corrected chi connectivity index (χ0v) is 8.21. The summed E-state index contributed by atoms with van der Waals surface area (Å²) >= 11 is 0. The van der Waals surface area contributed by atoms with Crippen LogP contribution in [0.1, 0.15) is 11.1 Å². The monoisotopic (exact) mass is 184 g/mol. The van der Waals surface area contributed by atoms with Crippen molar-refractivity contribution in [1.82, 2.24) is 0 Å². The van der Waals surface area contributed by atoms with Gasteiger partial charge in [-0.05, 0) is 18.2 Å². The summed E-state index contributed by atoms with van der Waals surface area (Å²) in [6.45, 7) is 7.29. The van der Waals surface area contributed by atoms with Crippen LogP contribution in [-0.4, -0.2) is 7.11 Å². The molecule has 1 heteroatoms. The summed E-state index contributed by atoms with van der Waals surface area (Å²) in [4.78, 5) is 0. The van der Waals surface area contributed by atoms with Crippen LogP contribution in [0.4, 0.5) is 0 Å². The van der Waals surface area contributed by atoms with Gasteiger partial charge in [0.15, 0.2) is 0 Å². The molecule has 0 spiro atoms. The van der Waals surface area contributed by atoms with Crippen LogP contribution in [0, 0.1) is 11.8 Å². The SMILES string of the molecule is C=CC#Cc1ccc(C(=C)OC)cc1. The molecule has 0 saturated carbocycles. The predicted octanol–water partition coefficient (Wildman–Crippen LogP) is 2.84. The molecular formula is C13H12O. The van der Waals surface area contributed by atoms with E-state index >= 15 is 0 Å². The van der Waals surface area contributed by atoms with Crippen molar-refractivity contribution >= 4 is 5.76 Å². The number of hydrogen-bond acceptors (Lipinski definition) is 1. The van der Waals surface area contributed by atoms with Crippen LogP contribution in [0.15, 0.2) is 43.5 Å². The Morgan fingerprint density at radius 2 is 2.00 bits per heavy atom. The molecule has 0 radical (unpaired) electrons. The molecule has 1 aromatic carbocycles. The topological polar surface area (TPSA) is 9.23 Å². The molecule has 0 aliphatic heterocycles. The average molecular weight is 184 g/mol. The maximum absolute atomic E-state index is 5.01. The summed E-state index contributed by atoms with van der Waals surface area (Å²) in [6.07, 6.45) is 1.57. The Labute approximate surface area is 84.7 Å². The summed E-state index contributed by atoms with van der Waals surface area (Å²) in [5.74, 6) is 6.39. The third kappa shape index (κ3) is 2.53. The minimum Gasteiger partial charge on any atom is -0.497 e. The Morgan fingerprint density at radius 1 is 1.36 bits per heavy atom. The van der Waals surface area contributed by atoms with Gasteiger partial charge in [0, 0.05) is 11.1 Å². The minimum absolute atomic E-state index is 0.660. The highest BCUT2D eigenvalue weighted by atomic mass is 16.5. The number of allylic oxidation sites excluding steroid dienone is 1. The lowest BCUT2D eigenvalue weighted by atomic mass is 10.1. The maximum atomic E-state index is 5.01. The van der Waals surface area contributed by atoms with Crippen LogP contribution in [0.2, 0.25) is 0 Å². The highest BCUT2D eigenvalue weighted by Gasteiger charge is 1.96. The lowest BCUT2D eigenvalue weighted by molar-refractivity contribution is 0.371. The van der Waals surface area contributed by atoms with Gasteiger partial charge in [-0.1, -0.05) is 37.1 Å². The van der Waals surface area contributed by atoms with Crippen molar-refractivity contribution in [3.8, 4) is 11.8 Å². The molecule has 0 heterocycles. The summed E-state index contributed by atoms with van der Waals surface area (Å²) in [7, 11) is 1.60. The molecule has 1 aromatic rings. The Balaban J connectivity index is 2.88. The highest BCUT2D eigenvalue weighted by Crippen LogP contribution is 2.12. The smallest absolute Gasteiger partial charge is 0.118 e. The van der Waals surface area contributed by atoms with Crippen molar-refractivity contribution in [2.24, 2.45) is 0 Å². The molecule has 0 saturated heterocycles. The molecule has 1 nitrogen and oxygen atoms in total. The van der Waals surface area contributed by atoms with E-state index < -0.39 is 0 Å². The molecule has 0 fully saturated rings. The summed E-state index contributed by atoms with van der Waals surface area (Å²) < 4.78 is 5.01. The van der Waals surface area contributed by atoms with Crippen molar-refractivity contribution < 1.29 is 4.74 Å². The second kappa shape index (κ2) is 4.94. The molecule has 0 N–H and O–H groups in total. The van der Waals surface area contributed by atoms with Gasteiger partial charge in [0.05, 0.1) is 7.11 Å². The molecule has 1 rings (SSSR count). The summed E-state index contributed by atoms with van der Waals surface area (Å²) in [6, 6.07) is 7.71. The third-order valence-corrected chi connectivity index (χ3v) is 1.77. The van der Waals surface area contributed by atoms with Crippen LogP contribution < -0.4 is 0 Å². The van der Waals surface area contributed by atoms with Crippen LogP contribution in [0.25, 0.3) is 5.76 Å². The quantitative estimate of drug-likeness (QED) is 0.507. The molecule has 0 aliphatic rings. The van der Waals surface area contributed by atoms with Gasteiger partial charge in [0.25, 0.3) is 0 Å². The number of hydrogen-bond donors (Lipinski definition) is 0. The van der Waals surface area contributed by atoms with Crippen LogP contribution in [0.3, 0.4) is 0 Å². The molecule has 0 atom stereocenters. The zero-order valence-electron chi connectivity index (χ0n) is 8.21. The van der Waals surface area contributed by atoms with Gasteiger partial charge in [0.1, 0.15) is 5.76 Å². The van der Waals surface area contributed by atoms with Crippen molar-refractivity contribution in [2.75, 3.05) is 7.11 Å². The van der Waals surface area contributed by atoms with Gasteiger partial charge in [-0.2, -0.15) is 0 Å². The van der Waals surface area contributed by atoms with Gasteiger partial charge in [-0.3, -0.25) is 0 Å². The fourth-order valence-electron chi connectivity index (χ4n) is 0.992. The first-order valence-electron chi connectivity index (χ1n) is 4.23. The fraction of sp³-hybridized carbons (Fsp3) is 0.0769. The van der Waals surface area contributed by atoms with Crippen LogP contribution in [0.5, 0.6) is 0 Å². The molecule has 0 bridgehead atoms. The molecule has 0 aliphatic carbocycles. The van der Waals surface area contributed by atoms with Gasteiger partial charge < -0.3 is 4.74 Å². The molecular weight excluding hydrogens is 172 g/mol. The predicted molar refractivity (Wildman–Crippen MR) is 59.6 cm³/mol. The highest BCUT2D eigenvalue weighted by molar-refractivity contribution is 5.58. The van der Waals surface area contributed by atoms with E-state index in [1.807, 2.05) is 24.3 Å². The molecule has 0 aromatic heterocycles. The zero-order chi connectivity index (χ0) is 10.4. The van der Waals surface area contributed by atoms with E-state index in [2.05, 4.69) is 25.0 Å². The van der Waals surface area contributed by atoms with E-state index in [0.29, 0.717) is 5.76 Å². The van der Waals surface area contributed by atoms with Crippen molar-refractivity contribution in [2.45, 2.75) is 0 Å². The summed E-state index contributed by atoms with van der Waals surface area (Å²) in [5, 5.41) is 0. The van der Waals surface area contributed by atoms with Crippen LogP contribution >= 0.6 is 0 Å². The molecule has 14 heavy (non-hydrogen) atoms. The largest absolute Gasteiger partial charge is 0.497 e. The standard InChI is InChI=1S/C13H12O/c1-4-5-6-12-7-9-13(10-8-12)11(2)14-3/h4,7-10H,1-2H2,3H3. The molecule has 70 valence electrons. The van der Waals surface area contributed by atoms with E-state index in [0.717, 1.165) is 11.1 Å². The van der Waals surface area contributed by atoms with Crippen molar-refractivity contribution in [3.63, 3.8) is 0 Å². The van der Waals surface area contributed by atoms with E-state index in [1.165, 1.54) is 0 Å². The van der Waals surface area contributed by atoms with Crippen LogP contribution in [-0.2, 0) is 4.74 Å². The first-order chi connectivity index (χ1) is 6.77. The minimum atomic E-state index is 0.660. The number of rotatable bonds is 2. The van der Waals surface area contributed by atoms with Gasteiger partial charge in [-0.15, -0.1) is 0 Å². The Hall–Kier alpha value is -1.94. The third-order valence-electron chi connectivity index (χ3n) is 1.77.